The molecule has 2 unspecified atom stereocenters. The SMILES string of the molecule is CCCCC(CC)CN(CCn1nnc2c(C)cccc21)CC(CC)CCCC. The number of rotatable bonds is 15. The minimum atomic E-state index is 0.813. The smallest absolute Gasteiger partial charge is 0.116 e. The summed E-state index contributed by atoms with van der Waals surface area (Å²) in [6.45, 7) is 15.9. The fourth-order valence-electron chi connectivity index (χ4n) is 4.35. The molecule has 0 radical (unpaired) electrons. The highest BCUT2D eigenvalue weighted by atomic mass is 15.4. The zero-order valence-electron chi connectivity index (χ0n) is 19.7. The lowest BCUT2D eigenvalue weighted by atomic mass is 9.95. The molecular formula is C25H44N4. The number of fused-ring (bicyclic) bond motifs is 1. The van der Waals surface area contributed by atoms with E-state index in [1.54, 1.807) is 0 Å². The number of hydrogen-bond acceptors (Lipinski definition) is 3. The second-order valence-corrected chi connectivity index (χ2v) is 8.85. The Balaban J connectivity index is 2.06. The molecule has 164 valence electrons. The first-order valence-corrected chi connectivity index (χ1v) is 12.1. The Morgan fingerprint density at radius 1 is 0.931 bits per heavy atom. The van der Waals surface area contributed by atoms with E-state index in [9.17, 15) is 0 Å². The van der Waals surface area contributed by atoms with Gasteiger partial charge in [0.1, 0.15) is 5.52 Å². The van der Waals surface area contributed by atoms with Crippen molar-refractivity contribution in [2.75, 3.05) is 19.6 Å². The summed E-state index contributed by atoms with van der Waals surface area (Å²) in [6.07, 6.45) is 10.6. The molecule has 0 N–H and O–H groups in total. The molecule has 4 heteroatoms. The number of hydrogen-bond donors (Lipinski definition) is 0. The molecule has 0 aliphatic rings. The number of nitrogens with zero attached hydrogens (tertiary/aromatic N) is 4. The first kappa shape index (κ1) is 23.9. The number of aryl methyl sites for hydroxylation is 1. The predicted molar refractivity (Wildman–Crippen MR) is 125 cm³/mol. The Morgan fingerprint density at radius 2 is 1.55 bits per heavy atom. The largest absolute Gasteiger partial charge is 0.301 e. The van der Waals surface area contributed by atoms with Crippen LogP contribution in [-0.4, -0.2) is 39.5 Å². The van der Waals surface area contributed by atoms with Crippen LogP contribution >= 0.6 is 0 Å². The Labute approximate surface area is 179 Å². The molecule has 1 heterocycles. The molecule has 0 aliphatic carbocycles. The highest BCUT2D eigenvalue weighted by Crippen LogP contribution is 2.20. The first-order chi connectivity index (χ1) is 14.1. The molecule has 0 saturated heterocycles. The van der Waals surface area contributed by atoms with Crippen molar-refractivity contribution in [1.82, 2.24) is 19.9 Å². The molecule has 0 aliphatic heterocycles. The van der Waals surface area contributed by atoms with Crippen molar-refractivity contribution in [3.8, 4) is 0 Å². The summed E-state index contributed by atoms with van der Waals surface area (Å²) < 4.78 is 2.11. The van der Waals surface area contributed by atoms with Crippen molar-refractivity contribution in [2.45, 2.75) is 92.5 Å². The molecule has 0 bridgehead atoms. The maximum Gasteiger partial charge on any atom is 0.116 e. The molecule has 0 amide bonds. The summed E-state index contributed by atoms with van der Waals surface area (Å²) in [7, 11) is 0. The zero-order valence-corrected chi connectivity index (χ0v) is 19.7. The lowest BCUT2D eigenvalue weighted by Gasteiger charge is -2.30. The van der Waals surface area contributed by atoms with Gasteiger partial charge in [-0.2, -0.15) is 0 Å². The number of benzene rings is 1. The third kappa shape index (κ3) is 7.40. The van der Waals surface area contributed by atoms with Gasteiger partial charge in [-0.05, 0) is 43.2 Å². The summed E-state index contributed by atoms with van der Waals surface area (Å²) >= 11 is 0. The van der Waals surface area contributed by atoms with Crippen LogP contribution in [0.3, 0.4) is 0 Å². The van der Waals surface area contributed by atoms with Gasteiger partial charge in [-0.25, -0.2) is 4.68 Å². The maximum atomic E-state index is 4.47. The van der Waals surface area contributed by atoms with Crippen LogP contribution in [0.4, 0.5) is 0 Å². The van der Waals surface area contributed by atoms with E-state index in [2.05, 4.69) is 72.7 Å². The quantitative estimate of drug-likeness (QED) is 0.343. The standard InChI is InChI=1S/C25H44N4/c1-6-10-14-22(8-3)19-28(20-23(9-4)15-11-7-2)17-18-29-24-16-12-13-21(5)25(24)26-27-29/h12-13,16,22-23H,6-11,14-15,17-20H2,1-5H3. The third-order valence-corrected chi connectivity index (χ3v) is 6.49. The molecule has 0 fully saturated rings. The van der Waals surface area contributed by atoms with Gasteiger partial charge >= 0.3 is 0 Å². The average molecular weight is 401 g/mol. The van der Waals surface area contributed by atoms with Gasteiger partial charge in [0.2, 0.25) is 0 Å². The summed E-state index contributed by atoms with van der Waals surface area (Å²) in [6, 6.07) is 6.39. The second-order valence-electron chi connectivity index (χ2n) is 8.85. The minimum Gasteiger partial charge on any atom is -0.301 e. The third-order valence-electron chi connectivity index (χ3n) is 6.49. The van der Waals surface area contributed by atoms with Crippen LogP contribution in [0.5, 0.6) is 0 Å². The van der Waals surface area contributed by atoms with Crippen LogP contribution in [0.1, 0.15) is 84.6 Å². The normalized spacial score (nSPS) is 14.0. The van der Waals surface area contributed by atoms with Crippen molar-refractivity contribution in [3.63, 3.8) is 0 Å². The van der Waals surface area contributed by atoms with Crippen molar-refractivity contribution < 1.29 is 0 Å². The van der Waals surface area contributed by atoms with E-state index in [-0.39, 0.29) is 0 Å². The van der Waals surface area contributed by atoms with Crippen molar-refractivity contribution >= 4 is 11.0 Å². The van der Waals surface area contributed by atoms with Crippen molar-refractivity contribution in [2.24, 2.45) is 11.8 Å². The molecule has 0 saturated carbocycles. The minimum absolute atomic E-state index is 0.813. The van der Waals surface area contributed by atoms with Gasteiger partial charge in [0, 0.05) is 19.6 Å². The van der Waals surface area contributed by atoms with Crippen LogP contribution in [-0.2, 0) is 6.54 Å². The first-order valence-electron chi connectivity index (χ1n) is 12.1. The molecular weight excluding hydrogens is 356 g/mol. The Bertz CT molecular complexity index is 675. The van der Waals surface area contributed by atoms with E-state index in [1.165, 1.54) is 75.5 Å². The van der Waals surface area contributed by atoms with Gasteiger partial charge in [-0.1, -0.05) is 83.6 Å². The fourth-order valence-corrected chi connectivity index (χ4v) is 4.35. The molecule has 2 rings (SSSR count). The monoisotopic (exact) mass is 400 g/mol. The van der Waals surface area contributed by atoms with Gasteiger partial charge in [0.15, 0.2) is 0 Å². The van der Waals surface area contributed by atoms with Crippen LogP contribution < -0.4 is 0 Å². The summed E-state index contributed by atoms with van der Waals surface area (Å²) in [5.41, 5.74) is 3.42. The van der Waals surface area contributed by atoms with Crippen molar-refractivity contribution in [1.29, 1.82) is 0 Å². The Morgan fingerprint density at radius 3 is 2.10 bits per heavy atom. The van der Waals surface area contributed by atoms with Crippen LogP contribution in [0.25, 0.3) is 11.0 Å². The molecule has 0 spiro atoms. The molecule has 1 aromatic heterocycles. The Hall–Kier alpha value is -1.42. The molecule has 1 aromatic carbocycles. The average Bonchev–Trinajstić information content (AvgIpc) is 3.16. The van der Waals surface area contributed by atoms with Gasteiger partial charge in [0.05, 0.1) is 12.1 Å². The number of aromatic nitrogens is 3. The van der Waals surface area contributed by atoms with Crippen LogP contribution in [0.2, 0.25) is 0 Å². The van der Waals surface area contributed by atoms with E-state index >= 15 is 0 Å². The van der Waals surface area contributed by atoms with E-state index in [0.717, 1.165) is 30.4 Å². The zero-order chi connectivity index (χ0) is 21.1. The maximum absolute atomic E-state index is 4.47. The van der Waals surface area contributed by atoms with Crippen LogP contribution in [0.15, 0.2) is 18.2 Å². The van der Waals surface area contributed by atoms with Crippen LogP contribution in [0, 0.1) is 18.8 Å². The lowest BCUT2D eigenvalue weighted by molar-refractivity contribution is 0.174. The van der Waals surface area contributed by atoms with Gasteiger partial charge in [-0.3, -0.25) is 0 Å². The highest BCUT2D eigenvalue weighted by Gasteiger charge is 2.17. The van der Waals surface area contributed by atoms with Gasteiger partial charge in [0.25, 0.3) is 0 Å². The predicted octanol–water partition coefficient (Wildman–Crippen LogP) is 6.47. The van der Waals surface area contributed by atoms with Crippen molar-refractivity contribution in [3.05, 3.63) is 23.8 Å². The van der Waals surface area contributed by atoms with E-state index in [4.69, 9.17) is 0 Å². The fraction of sp³-hybridized carbons (Fsp3) is 0.760. The summed E-state index contributed by atoms with van der Waals surface area (Å²) in [4.78, 5) is 2.73. The lowest BCUT2D eigenvalue weighted by Crippen LogP contribution is -2.36. The topological polar surface area (TPSA) is 34.0 Å². The van der Waals surface area contributed by atoms with E-state index in [0.29, 0.717) is 0 Å². The van der Waals surface area contributed by atoms with Gasteiger partial charge < -0.3 is 4.90 Å². The van der Waals surface area contributed by atoms with Gasteiger partial charge in [-0.15, -0.1) is 5.10 Å². The number of unbranched alkanes of at least 4 members (excludes halogenated alkanes) is 2. The molecule has 4 nitrogen and oxygen atoms in total. The Kier molecular flexibility index (Phi) is 10.7. The van der Waals surface area contributed by atoms with E-state index < -0.39 is 0 Å². The molecule has 29 heavy (non-hydrogen) atoms. The summed E-state index contributed by atoms with van der Waals surface area (Å²) in [5, 5.41) is 8.89. The highest BCUT2D eigenvalue weighted by molar-refractivity contribution is 5.77. The second kappa shape index (κ2) is 13.0. The molecule has 2 aromatic rings. The van der Waals surface area contributed by atoms with E-state index in [1.807, 2.05) is 0 Å². The molecule has 2 atom stereocenters. The summed E-state index contributed by atoms with van der Waals surface area (Å²) in [5.74, 6) is 1.63.